The Kier molecular flexibility index (Phi) is 4.60. The molecule has 88 valence electrons. The van der Waals surface area contributed by atoms with E-state index in [-0.39, 0.29) is 5.91 Å². The molecular weight excluding hydrogens is 210 g/mol. The SMILES string of the molecule is CCONC(=O)c1cc(OC)cc(OC)c1. The Hall–Kier alpha value is -1.75. The third-order valence-corrected chi connectivity index (χ3v) is 1.92. The number of nitrogens with one attached hydrogen (secondary N) is 1. The molecule has 0 radical (unpaired) electrons. The van der Waals surface area contributed by atoms with Gasteiger partial charge in [-0.05, 0) is 19.1 Å². The van der Waals surface area contributed by atoms with Gasteiger partial charge in [-0.1, -0.05) is 0 Å². The van der Waals surface area contributed by atoms with Crippen molar-refractivity contribution in [1.82, 2.24) is 5.48 Å². The van der Waals surface area contributed by atoms with E-state index in [1.54, 1.807) is 25.1 Å². The van der Waals surface area contributed by atoms with E-state index in [1.165, 1.54) is 14.2 Å². The zero-order chi connectivity index (χ0) is 12.0. The van der Waals surface area contributed by atoms with E-state index in [9.17, 15) is 4.79 Å². The highest BCUT2D eigenvalue weighted by molar-refractivity contribution is 5.94. The molecule has 0 unspecified atom stereocenters. The topological polar surface area (TPSA) is 56.8 Å². The molecule has 0 spiro atoms. The maximum atomic E-state index is 11.6. The monoisotopic (exact) mass is 225 g/mol. The fourth-order valence-electron chi connectivity index (χ4n) is 1.14. The van der Waals surface area contributed by atoms with Crippen LogP contribution < -0.4 is 15.0 Å². The van der Waals surface area contributed by atoms with Crippen LogP contribution in [0.4, 0.5) is 0 Å². The van der Waals surface area contributed by atoms with Crippen LogP contribution in [0.5, 0.6) is 11.5 Å². The molecule has 0 saturated heterocycles. The molecule has 5 nitrogen and oxygen atoms in total. The maximum Gasteiger partial charge on any atom is 0.275 e. The molecule has 1 aromatic carbocycles. The number of hydroxylamine groups is 1. The molecule has 0 aliphatic rings. The first-order valence-electron chi connectivity index (χ1n) is 4.86. The predicted octanol–water partition coefficient (Wildman–Crippen LogP) is 1.39. The average Bonchev–Trinajstić information content (AvgIpc) is 2.35. The van der Waals surface area contributed by atoms with E-state index >= 15 is 0 Å². The molecule has 0 fully saturated rings. The molecule has 1 N–H and O–H groups in total. The number of amides is 1. The smallest absolute Gasteiger partial charge is 0.275 e. The highest BCUT2D eigenvalue weighted by Gasteiger charge is 2.09. The summed E-state index contributed by atoms with van der Waals surface area (Å²) in [5, 5.41) is 0. The second-order valence-electron chi connectivity index (χ2n) is 2.97. The van der Waals surface area contributed by atoms with Crippen LogP contribution in [0, 0.1) is 0 Å². The molecule has 1 amide bonds. The van der Waals surface area contributed by atoms with Crippen molar-refractivity contribution >= 4 is 5.91 Å². The van der Waals surface area contributed by atoms with Crippen molar-refractivity contribution in [1.29, 1.82) is 0 Å². The molecule has 5 heteroatoms. The fourth-order valence-corrected chi connectivity index (χ4v) is 1.14. The number of hydrogen-bond acceptors (Lipinski definition) is 4. The minimum atomic E-state index is -0.334. The lowest BCUT2D eigenvalue weighted by Crippen LogP contribution is -2.23. The zero-order valence-corrected chi connectivity index (χ0v) is 9.57. The maximum absolute atomic E-state index is 11.6. The Morgan fingerprint density at radius 3 is 2.19 bits per heavy atom. The number of carbonyl (C=O) groups excluding carboxylic acids is 1. The van der Waals surface area contributed by atoms with E-state index in [1.807, 2.05) is 0 Å². The summed E-state index contributed by atoms with van der Waals surface area (Å²) in [4.78, 5) is 16.4. The van der Waals surface area contributed by atoms with Crippen molar-refractivity contribution < 1.29 is 19.1 Å². The summed E-state index contributed by atoms with van der Waals surface area (Å²) in [6, 6.07) is 4.91. The minimum Gasteiger partial charge on any atom is -0.497 e. The third kappa shape index (κ3) is 3.13. The summed E-state index contributed by atoms with van der Waals surface area (Å²) in [6.07, 6.45) is 0. The standard InChI is InChI=1S/C11H15NO4/c1-4-16-12-11(13)8-5-9(14-2)7-10(6-8)15-3/h5-7H,4H2,1-3H3,(H,12,13). The molecule has 16 heavy (non-hydrogen) atoms. The van der Waals surface area contributed by atoms with Crippen molar-refractivity contribution in [3.8, 4) is 11.5 Å². The molecule has 0 saturated carbocycles. The molecular formula is C11H15NO4. The number of hydrogen-bond donors (Lipinski definition) is 1. The van der Waals surface area contributed by atoms with Crippen LogP contribution in [0.3, 0.4) is 0 Å². The molecule has 0 atom stereocenters. The Labute approximate surface area is 94.3 Å². The summed E-state index contributed by atoms with van der Waals surface area (Å²) in [6.45, 7) is 2.19. The van der Waals surface area contributed by atoms with Crippen molar-refractivity contribution in [3.05, 3.63) is 23.8 Å². The summed E-state index contributed by atoms with van der Waals surface area (Å²) in [7, 11) is 3.05. The third-order valence-electron chi connectivity index (χ3n) is 1.92. The summed E-state index contributed by atoms with van der Waals surface area (Å²) < 4.78 is 10.1. The van der Waals surface area contributed by atoms with Gasteiger partial charge in [0.2, 0.25) is 0 Å². The van der Waals surface area contributed by atoms with Crippen molar-refractivity contribution in [2.45, 2.75) is 6.92 Å². The molecule has 0 heterocycles. The van der Waals surface area contributed by atoms with Gasteiger partial charge in [0.1, 0.15) is 11.5 Å². The quantitative estimate of drug-likeness (QED) is 0.769. The summed E-state index contributed by atoms with van der Waals surface area (Å²) in [5.41, 5.74) is 2.72. The molecule has 0 aromatic heterocycles. The van der Waals surface area contributed by atoms with Crippen LogP contribution in [0.25, 0.3) is 0 Å². The normalized spacial score (nSPS) is 9.69. The molecule has 1 rings (SSSR count). The first-order chi connectivity index (χ1) is 7.71. The fraction of sp³-hybridized carbons (Fsp3) is 0.364. The van der Waals surface area contributed by atoms with Crippen LogP contribution in [-0.2, 0) is 4.84 Å². The predicted molar refractivity (Wildman–Crippen MR) is 58.6 cm³/mol. The number of carbonyl (C=O) groups is 1. The van der Waals surface area contributed by atoms with E-state index < -0.39 is 0 Å². The van der Waals surface area contributed by atoms with Crippen LogP contribution in [-0.4, -0.2) is 26.7 Å². The zero-order valence-electron chi connectivity index (χ0n) is 9.57. The molecule has 0 aliphatic carbocycles. The van der Waals surface area contributed by atoms with Crippen LogP contribution in [0.2, 0.25) is 0 Å². The van der Waals surface area contributed by atoms with Crippen molar-refractivity contribution in [3.63, 3.8) is 0 Å². The van der Waals surface area contributed by atoms with Gasteiger partial charge in [0.15, 0.2) is 0 Å². The number of rotatable bonds is 5. The van der Waals surface area contributed by atoms with E-state index in [4.69, 9.17) is 14.3 Å². The lowest BCUT2D eigenvalue weighted by Gasteiger charge is -2.08. The van der Waals surface area contributed by atoms with Crippen molar-refractivity contribution in [2.75, 3.05) is 20.8 Å². The van der Waals surface area contributed by atoms with Gasteiger partial charge in [0.05, 0.1) is 20.8 Å². The minimum absolute atomic E-state index is 0.334. The van der Waals surface area contributed by atoms with Gasteiger partial charge in [-0.2, -0.15) is 0 Å². The van der Waals surface area contributed by atoms with Gasteiger partial charge in [0.25, 0.3) is 5.91 Å². The van der Waals surface area contributed by atoms with Gasteiger partial charge < -0.3 is 9.47 Å². The number of methoxy groups -OCH3 is 2. The average molecular weight is 225 g/mol. The lowest BCUT2D eigenvalue weighted by molar-refractivity contribution is 0.0364. The lowest BCUT2D eigenvalue weighted by atomic mass is 10.2. The second-order valence-corrected chi connectivity index (χ2v) is 2.97. The molecule has 0 aliphatic heterocycles. The largest absolute Gasteiger partial charge is 0.497 e. The van der Waals surface area contributed by atoms with Gasteiger partial charge in [-0.3, -0.25) is 9.63 Å². The highest BCUT2D eigenvalue weighted by Crippen LogP contribution is 2.22. The summed E-state index contributed by atoms with van der Waals surface area (Å²) in [5.74, 6) is 0.779. The Bertz CT molecular complexity index is 343. The number of ether oxygens (including phenoxy) is 2. The van der Waals surface area contributed by atoms with Crippen molar-refractivity contribution in [2.24, 2.45) is 0 Å². The van der Waals surface area contributed by atoms with Crippen LogP contribution >= 0.6 is 0 Å². The molecule has 1 aromatic rings. The Morgan fingerprint density at radius 2 is 1.75 bits per heavy atom. The van der Waals surface area contributed by atoms with E-state index in [0.717, 1.165) is 0 Å². The first kappa shape index (κ1) is 12.3. The highest BCUT2D eigenvalue weighted by atomic mass is 16.6. The Morgan fingerprint density at radius 1 is 1.19 bits per heavy atom. The van der Waals surface area contributed by atoms with Gasteiger partial charge in [-0.15, -0.1) is 0 Å². The Balaban J connectivity index is 2.89. The molecule has 0 bridgehead atoms. The van der Waals surface area contributed by atoms with Gasteiger partial charge >= 0.3 is 0 Å². The first-order valence-corrected chi connectivity index (χ1v) is 4.86. The van der Waals surface area contributed by atoms with Gasteiger partial charge in [0, 0.05) is 11.6 Å². The van der Waals surface area contributed by atoms with Crippen LogP contribution in [0.15, 0.2) is 18.2 Å². The van der Waals surface area contributed by atoms with Gasteiger partial charge in [-0.25, -0.2) is 5.48 Å². The van der Waals surface area contributed by atoms with E-state index in [0.29, 0.717) is 23.7 Å². The number of benzene rings is 1. The summed E-state index contributed by atoms with van der Waals surface area (Å²) >= 11 is 0. The second kappa shape index (κ2) is 5.97. The van der Waals surface area contributed by atoms with Crippen LogP contribution in [0.1, 0.15) is 17.3 Å². The van der Waals surface area contributed by atoms with E-state index in [2.05, 4.69) is 5.48 Å².